The Bertz CT molecular complexity index is 1530. The van der Waals surface area contributed by atoms with Gasteiger partial charge in [-0.2, -0.15) is 0 Å². The van der Waals surface area contributed by atoms with Gasteiger partial charge in [-0.3, -0.25) is 0 Å². The normalized spacial score (nSPS) is 21.4. The van der Waals surface area contributed by atoms with Gasteiger partial charge in [0.05, 0.1) is 32.5 Å². The van der Waals surface area contributed by atoms with Crippen molar-refractivity contribution < 1.29 is 24.1 Å². The highest BCUT2D eigenvalue weighted by Gasteiger charge is 2.53. The van der Waals surface area contributed by atoms with Gasteiger partial charge in [0.15, 0.2) is 5.11 Å². The summed E-state index contributed by atoms with van der Waals surface area (Å²) in [5.74, 6) is 0. The molecule has 1 aliphatic rings. The van der Waals surface area contributed by atoms with E-state index in [4.69, 9.17) is 31.2 Å². The minimum absolute atomic E-state index is 0.294. The summed E-state index contributed by atoms with van der Waals surface area (Å²) in [6.45, 7) is 4.25. The second kappa shape index (κ2) is 22.4. The van der Waals surface area contributed by atoms with Crippen LogP contribution in [0.15, 0.2) is 121 Å². The van der Waals surface area contributed by atoms with Gasteiger partial charge in [0, 0.05) is 6.54 Å². The average Bonchev–Trinajstić information content (AvgIpc) is 3.19. The molecule has 52 heavy (non-hydrogen) atoms. The number of aliphatic hydroxyl groups excluding tert-OH is 1. The monoisotopic (exact) mass is 724 g/mol. The Hall–Kier alpha value is -3.63. The fourth-order valence-electron chi connectivity index (χ4n) is 6.66. The van der Waals surface area contributed by atoms with E-state index in [9.17, 15) is 5.11 Å². The van der Waals surface area contributed by atoms with Crippen molar-refractivity contribution in [3.8, 4) is 0 Å². The van der Waals surface area contributed by atoms with Crippen LogP contribution in [-0.2, 0) is 45.4 Å². The number of hydrogen-bond acceptors (Lipinski definition) is 6. The third-order valence-corrected chi connectivity index (χ3v) is 9.80. The molecular formula is C44H56N2O5S. The Morgan fingerprint density at radius 2 is 0.885 bits per heavy atom. The van der Waals surface area contributed by atoms with Crippen LogP contribution in [-0.4, -0.2) is 53.3 Å². The highest BCUT2D eigenvalue weighted by molar-refractivity contribution is 7.80. The molecule has 0 spiro atoms. The largest absolute Gasteiger partial charge is 0.388 e. The van der Waals surface area contributed by atoms with E-state index in [0.29, 0.717) is 31.5 Å². The van der Waals surface area contributed by atoms with Crippen molar-refractivity contribution in [1.29, 1.82) is 0 Å². The molecule has 4 aromatic rings. The minimum atomic E-state index is -1.04. The molecular weight excluding hydrogens is 669 g/mol. The number of rotatable bonds is 21. The van der Waals surface area contributed by atoms with E-state index in [1.54, 1.807) is 0 Å². The van der Waals surface area contributed by atoms with E-state index in [1.165, 1.54) is 32.1 Å². The lowest BCUT2D eigenvalue weighted by Gasteiger charge is -2.49. The van der Waals surface area contributed by atoms with E-state index in [1.807, 2.05) is 121 Å². The lowest BCUT2D eigenvalue weighted by atomic mass is 9.82. The molecule has 0 aromatic heterocycles. The summed E-state index contributed by atoms with van der Waals surface area (Å²) in [6.07, 6.45) is 4.78. The molecule has 3 N–H and O–H groups in total. The maximum absolute atomic E-state index is 12.3. The first-order valence-corrected chi connectivity index (χ1v) is 19.4. The van der Waals surface area contributed by atoms with Gasteiger partial charge < -0.3 is 34.7 Å². The van der Waals surface area contributed by atoms with E-state index < -0.39 is 36.6 Å². The first-order chi connectivity index (χ1) is 25.6. The Morgan fingerprint density at radius 1 is 0.519 bits per heavy atom. The van der Waals surface area contributed by atoms with Gasteiger partial charge in [0.1, 0.15) is 30.5 Å². The fourth-order valence-corrected chi connectivity index (χ4v) is 6.90. The van der Waals surface area contributed by atoms with Crippen LogP contribution in [0.1, 0.15) is 74.1 Å². The zero-order chi connectivity index (χ0) is 36.2. The molecule has 0 bridgehead atoms. The highest BCUT2D eigenvalue weighted by Crippen LogP contribution is 2.33. The number of hydrogen-bond donors (Lipinski definition) is 3. The molecule has 1 aliphatic carbocycles. The van der Waals surface area contributed by atoms with Crippen molar-refractivity contribution in [2.45, 2.75) is 115 Å². The van der Waals surface area contributed by atoms with Gasteiger partial charge in [0.25, 0.3) is 0 Å². The first kappa shape index (κ1) is 39.6. The standard InChI is InChI=1S/C44H56N2O5S/c1-2-3-4-5-6-7-20-29-45-44(52)46-38-39(47)41(49-31-35-23-14-9-15-24-35)43(51-33-37-27-18-11-19-28-37)42(50-32-36-25-16-10-17-26-36)40(38)48-30-34-21-12-8-13-22-34/h8-19,21-28,38-43,47H,2-7,20,29-33H2,1H3,(H2,45,46,52)/t38-,39+,40-,41-,42+,43+/m0/s1. The summed E-state index contributed by atoms with van der Waals surface area (Å²) in [7, 11) is 0. The zero-order valence-electron chi connectivity index (χ0n) is 30.5. The molecule has 0 amide bonds. The summed E-state index contributed by atoms with van der Waals surface area (Å²) >= 11 is 5.86. The maximum atomic E-state index is 12.3. The van der Waals surface area contributed by atoms with Crippen LogP contribution >= 0.6 is 12.2 Å². The third kappa shape index (κ3) is 12.8. The number of ether oxygens (including phenoxy) is 4. The van der Waals surface area contributed by atoms with Gasteiger partial charge in [-0.25, -0.2) is 0 Å². The topological polar surface area (TPSA) is 81.2 Å². The lowest BCUT2D eigenvalue weighted by Crippen LogP contribution is -2.70. The van der Waals surface area contributed by atoms with Gasteiger partial charge in [-0.15, -0.1) is 0 Å². The van der Waals surface area contributed by atoms with Crippen LogP contribution in [0.3, 0.4) is 0 Å². The molecule has 1 saturated carbocycles. The average molecular weight is 725 g/mol. The van der Waals surface area contributed by atoms with Gasteiger partial charge >= 0.3 is 0 Å². The number of benzene rings is 4. The number of thiocarbonyl (C=S) groups is 1. The summed E-state index contributed by atoms with van der Waals surface area (Å²) in [4.78, 5) is 0. The molecule has 0 saturated heterocycles. The first-order valence-electron chi connectivity index (χ1n) is 19.0. The van der Waals surface area contributed by atoms with E-state index in [-0.39, 0.29) is 0 Å². The van der Waals surface area contributed by atoms with Gasteiger partial charge in [-0.05, 0) is 40.9 Å². The molecule has 0 heterocycles. The van der Waals surface area contributed by atoms with Crippen molar-refractivity contribution in [3.63, 3.8) is 0 Å². The maximum Gasteiger partial charge on any atom is 0.166 e. The molecule has 7 nitrogen and oxygen atoms in total. The van der Waals surface area contributed by atoms with Crippen molar-refractivity contribution in [2.24, 2.45) is 0 Å². The van der Waals surface area contributed by atoms with E-state index in [2.05, 4.69) is 17.6 Å². The summed E-state index contributed by atoms with van der Waals surface area (Å²) in [6, 6.07) is 39.5. The molecule has 5 rings (SSSR count). The van der Waals surface area contributed by atoms with Crippen LogP contribution in [0, 0.1) is 0 Å². The summed E-state index contributed by atoms with van der Waals surface area (Å²) < 4.78 is 27.0. The molecule has 0 aliphatic heterocycles. The van der Waals surface area contributed by atoms with Crippen molar-refractivity contribution >= 4 is 17.3 Å². The Balaban J connectivity index is 1.41. The second-order valence-corrected chi connectivity index (χ2v) is 14.0. The molecule has 6 atom stereocenters. The Morgan fingerprint density at radius 3 is 1.33 bits per heavy atom. The quantitative estimate of drug-likeness (QED) is 0.0586. The molecule has 0 radical (unpaired) electrons. The van der Waals surface area contributed by atoms with Crippen molar-refractivity contribution in [2.75, 3.05) is 6.54 Å². The van der Waals surface area contributed by atoms with Crippen molar-refractivity contribution in [3.05, 3.63) is 144 Å². The van der Waals surface area contributed by atoms with Crippen LogP contribution < -0.4 is 10.6 Å². The Labute approximate surface area is 316 Å². The lowest BCUT2D eigenvalue weighted by molar-refractivity contribution is -0.249. The predicted molar refractivity (Wildman–Crippen MR) is 212 cm³/mol. The van der Waals surface area contributed by atoms with Crippen LogP contribution in [0.4, 0.5) is 0 Å². The van der Waals surface area contributed by atoms with Crippen LogP contribution in [0.2, 0.25) is 0 Å². The van der Waals surface area contributed by atoms with Gasteiger partial charge in [-0.1, -0.05) is 167 Å². The summed E-state index contributed by atoms with van der Waals surface area (Å²) in [5, 5.41) is 19.6. The van der Waals surface area contributed by atoms with E-state index >= 15 is 0 Å². The third-order valence-electron chi connectivity index (χ3n) is 9.53. The highest BCUT2D eigenvalue weighted by atomic mass is 32.1. The minimum Gasteiger partial charge on any atom is -0.388 e. The number of unbranched alkanes of at least 4 members (excludes halogenated alkanes) is 6. The molecule has 278 valence electrons. The smallest absolute Gasteiger partial charge is 0.166 e. The molecule has 4 aromatic carbocycles. The summed E-state index contributed by atoms with van der Waals surface area (Å²) in [5.41, 5.74) is 4.05. The molecule has 1 fully saturated rings. The predicted octanol–water partition coefficient (Wildman–Crippen LogP) is 8.29. The Kier molecular flexibility index (Phi) is 17.1. The zero-order valence-corrected chi connectivity index (χ0v) is 31.3. The van der Waals surface area contributed by atoms with Crippen molar-refractivity contribution in [1.82, 2.24) is 10.6 Å². The SMILES string of the molecule is CCCCCCCCCNC(=S)N[C@H]1[C@@H](O)[C@H](OCc2ccccc2)[C@@H](OCc2ccccc2)[C@H](OCc2ccccc2)[C@H]1OCc1ccccc1. The van der Waals surface area contributed by atoms with E-state index in [0.717, 1.165) is 41.6 Å². The second-order valence-electron chi connectivity index (χ2n) is 13.6. The fraction of sp³-hybridized carbons (Fsp3) is 0.432. The van der Waals surface area contributed by atoms with Crippen LogP contribution in [0.5, 0.6) is 0 Å². The van der Waals surface area contributed by atoms with Gasteiger partial charge in [0.2, 0.25) is 0 Å². The van der Waals surface area contributed by atoms with Crippen LogP contribution in [0.25, 0.3) is 0 Å². The molecule has 8 heteroatoms. The number of nitrogens with one attached hydrogen (secondary N) is 2. The molecule has 0 unspecified atom stereocenters. The number of aliphatic hydroxyl groups is 1.